The fourth-order valence-corrected chi connectivity index (χ4v) is 1.75. The van der Waals surface area contributed by atoms with Crippen LogP contribution in [0.15, 0.2) is 16.5 Å². The maximum Gasteiger partial charge on any atom is 0.168 e. The van der Waals surface area contributed by atoms with Crippen molar-refractivity contribution in [2.75, 3.05) is 6.61 Å². The number of ketones is 1. The second kappa shape index (κ2) is 6.30. The van der Waals surface area contributed by atoms with E-state index in [1.807, 2.05) is 13.8 Å². The van der Waals surface area contributed by atoms with Gasteiger partial charge >= 0.3 is 0 Å². The molecule has 0 atom stereocenters. The number of rotatable bonds is 5. The standard InChI is InChI=1S/C12H19NO3/c1-3-6-9(13-16-4-2)12-10(14)7-5-8-11(12)15/h14H,3-8H2,1-2H3. The largest absolute Gasteiger partial charge is 0.511 e. The van der Waals surface area contributed by atoms with Gasteiger partial charge in [-0.2, -0.15) is 0 Å². The molecule has 4 heteroatoms. The third-order valence-corrected chi connectivity index (χ3v) is 2.46. The van der Waals surface area contributed by atoms with E-state index in [0.717, 1.165) is 12.8 Å². The number of hydrogen-bond acceptors (Lipinski definition) is 4. The topological polar surface area (TPSA) is 58.9 Å². The maximum atomic E-state index is 11.7. The quantitative estimate of drug-likeness (QED) is 0.578. The Kier molecular flexibility index (Phi) is 5.02. The lowest BCUT2D eigenvalue weighted by Crippen LogP contribution is -2.19. The molecule has 0 aromatic carbocycles. The maximum absolute atomic E-state index is 11.7. The molecule has 0 saturated heterocycles. The number of carbonyl (C=O) groups is 1. The minimum absolute atomic E-state index is 0.0179. The summed E-state index contributed by atoms with van der Waals surface area (Å²) in [5.74, 6) is 0.152. The zero-order valence-electron chi connectivity index (χ0n) is 9.95. The fourth-order valence-electron chi connectivity index (χ4n) is 1.75. The van der Waals surface area contributed by atoms with Crippen LogP contribution in [-0.4, -0.2) is 23.2 Å². The number of aliphatic hydroxyl groups is 1. The van der Waals surface area contributed by atoms with Gasteiger partial charge in [-0.05, 0) is 19.8 Å². The minimum Gasteiger partial charge on any atom is -0.511 e. The van der Waals surface area contributed by atoms with E-state index in [0.29, 0.717) is 37.2 Å². The van der Waals surface area contributed by atoms with Gasteiger partial charge in [0.1, 0.15) is 12.4 Å². The van der Waals surface area contributed by atoms with Crippen molar-refractivity contribution in [3.63, 3.8) is 0 Å². The lowest BCUT2D eigenvalue weighted by atomic mass is 9.91. The van der Waals surface area contributed by atoms with Gasteiger partial charge in [0.25, 0.3) is 0 Å². The van der Waals surface area contributed by atoms with E-state index in [9.17, 15) is 9.90 Å². The van der Waals surface area contributed by atoms with Crippen LogP contribution >= 0.6 is 0 Å². The van der Waals surface area contributed by atoms with E-state index in [4.69, 9.17) is 4.84 Å². The zero-order valence-corrected chi connectivity index (χ0v) is 9.95. The van der Waals surface area contributed by atoms with Gasteiger partial charge in [0.15, 0.2) is 5.78 Å². The van der Waals surface area contributed by atoms with E-state index < -0.39 is 0 Å². The number of oxime groups is 1. The monoisotopic (exact) mass is 225 g/mol. The highest BCUT2D eigenvalue weighted by atomic mass is 16.6. The van der Waals surface area contributed by atoms with Crippen LogP contribution in [-0.2, 0) is 9.63 Å². The zero-order chi connectivity index (χ0) is 12.0. The van der Waals surface area contributed by atoms with Crippen molar-refractivity contribution in [1.82, 2.24) is 0 Å². The lowest BCUT2D eigenvalue weighted by Gasteiger charge is -2.16. The molecule has 1 aliphatic rings. The second-order valence-corrected chi connectivity index (χ2v) is 3.80. The molecule has 0 saturated carbocycles. The molecule has 0 aromatic heterocycles. The Labute approximate surface area is 96.0 Å². The number of allylic oxidation sites excluding steroid dienone is 2. The highest BCUT2D eigenvalue weighted by molar-refractivity contribution is 6.22. The molecule has 1 aliphatic carbocycles. The van der Waals surface area contributed by atoms with Crippen molar-refractivity contribution in [3.05, 3.63) is 11.3 Å². The number of carbonyl (C=O) groups excluding carboxylic acids is 1. The predicted molar refractivity (Wildman–Crippen MR) is 62.5 cm³/mol. The lowest BCUT2D eigenvalue weighted by molar-refractivity contribution is -0.115. The third kappa shape index (κ3) is 3.08. The van der Waals surface area contributed by atoms with Crippen molar-refractivity contribution in [3.8, 4) is 0 Å². The average Bonchev–Trinajstić information content (AvgIpc) is 2.25. The van der Waals surface area contributed by atoms with Gasteiger partial charge in [0, 0.05) is 12.8 Å². The van der Waals surface area contributed by atoms with Crippen molar-refractivity contribution >= 4 is 11.5 Å². The van der Waals surface area contributed by atoms with Gasteiger partial charge in [-0.15, -0.1) is 0 Å². The molecule has 0 amide bonds. The van der Waals surface area contributed by atoms with E-state index in [-0.39, 0.29) is 11.5 Å². The molecule has 0 aliphatic heterocycles. The SMILES string of the molecule is CCCC(=NOCC)C1=C(O)CCCC1=O. The number of aliphatic hydroxyl groups excluding tert-OH is 1. The van der Waals surface area contributed by atoms with Crippen LogP contribution in [0.5, 0.6) is 0 Å². The molecule has 0 fully saturated rings. The summed E-state index contributed by atoms with van der Waals surface area (Å²) in [4.78, 5) is 16.7. The van der Waals surface area contributed by atoms with Gasteiger partial charge < -0.3 is 9.94 Å². The Morgan fingerprint density at radius 3 is 2.75 bits per heavy atom. The molecule has 0 radical (unpaired) electrons. The smallest absolute Gasteiger partial charge is 0.168 e. The van der Waals surface area contributed by atoms with Crippen LogP contribution < -0.4 is 0 Å². The molecule has 0 heterocycles. The van der Waals surface area contributed by atoms with Gasteiger partial charge in [0.05, 0.1) is 11.3 Å². The van der Waals surface area contributed by atoms with Crippen molar-refractivity contribution in [1.29, 1.82) is 0 Å². The van der Waals surface area contributed by atoms with Crippen LogP contribution in [0.4, 0.5) is 0 Å². The molecule has 0 spiro atoms. The summed E-state index contributed by atoms with van der Waals surface area (Å²) in [5.41, 5.74) is 0.980. The Balaban J connectivity index is 2.95. The van der Waals surface area contributed by atoms with Gasteiger partial charge in [0.2, 0.25) is 0 Å². The first kappa shape index (κ1) is 12.7. The first-order valence-corrected chi connectivity index (χ1v) is 5.85. The van der Waals surface area contributed by atoms with Crippen LogP contribution in [0.2, 0.25) is 0 Å². The first-order chi connectivity index (χ1) is 7.70. The summed E-state index contributed by atoms with van der Waals surface area (Å²) in [5, 5.41) is 13.7. The molecule has 4 nitrogen and oxygen atoms in total. The van der Waals surface area contributed by atoms with Gasteiger partial charge in [-0.3, -0.25) is 4.79 Å². The summed E-state index contributed by atoms with van der Waals surface area (Å²) < 4.78 is 0. The Bertz CT molecular complexity index is 318. The Hall–Kier alpha value is -1.32. The van der Waals surface area contributed by atoms with Crippen molar-refractivity contribution < 1.29 is 14.7 Å². The van der Waals surface area contributed by atoms with E-state index >= 15 is 0 Å². The summed E-state index contributed by atoms with van der Waals surface area (Å²) >= 11 is 0. The van der Waals surface area contributed by atoms with E-state index in [1.165, 1.54) is 0 Å². The minimum atomic E-state index is -0.0179. The molecular formula is C12H19NO3. The van der Waals surface area contributed by atoms with E-state index in [1.54, 1.807) is 0 Å². The molecule has 0 unspecified atom stereocenters. The molecule has 1 rings (SSSR count). The highest BCUT2D eigenvalue weighted by Gasteiger charge is 2.24. The number of nitrogens with zero attached hydrogens (tertiary/aromatic N) is 1. The summed E-state index contributed by atoms with van der Waals surface area (Å²) in [6.07, 6.45) is 3.31. The van der Waals surface area contributed by atoms with E-state index in [2.05, 4.69) is 5.16 Å². The van der Waals surface area contributed by atoms with Crippen molar-refractivity contribution in [2.24, 2.45) is 5.16 Å². The van der Waals surface area contributed by atoms with Gasteiger partial charge in [-0.25, -0.2) is 0 Å². The second-order valence-electron chi connectivity index (χ2n) is 3.80. The summed E-state index contributed by atoms with van der Waals surface area (Å²) in [6.45, 7) is 4.31. The molecule has 1 N–H and O–H groups in total. The molecule has 0 bridgehead atoms. The fraction of sp³-hybridized carbons (Fsp3) is 0.667. The van der Waals surface area contributed by atoms with Crippen LogP contribution in [0, 0.1) is 0 Å². The molecule has 90 valence electrons. The highest BCUT2D eigenvalue weighted by Crippen LogP contribution is 2.22. The van der Waals surface area contributed by atoms with Gasteiger partial charge in [-0.1, -0.05) is 18.5 Å². The normalized spacial score (nSPS) is 17.9. The average molecular weight is 225 g/mol. The van der Waals surface area contributed by atoms with Crippen molar-refractivity contribution in [2.45, 2.75) is 46.0 Å². The summed E-state index contributed by atoms with van der Waals surface area (Å²) in [6, 6.07) is 0. The Morgan fingerprint density at radius 2 is 2.19 bits per heavy atom. The first-order valence-electron chi connectivity index (χ1n) is 5.85. The molecule has 16 heavy (non-hydrogen) atoms. The summed E-state index contributed by atoms with van der Waals surface area (Å²) in [7, 11) is 0. The molecule has 0 aromatic rings. The van der Waals surface area contributed by atoms with Crippen LogP contribution in [0.3, 0.4) is 0 Å². The Morgan fingerprint density at radius 1 is 1.44 bits per heavy atom. The number of hydrogen-bond donors (Lipinski definition) is 1. The number of Topliss-reactive ketones (excluding diaryl/α,β-unsaturated/α-hetero) is 1. The third-order valence-electron chi connectivity index (χ3n) is 2.46. The van der Waals surface area contributed by atoms with Crippen LogP contribution in [0.25, 0.3) is 0 Å². The van der Waals surface area contributed by atoms with Crippen LogP contribution in [0.1, 0.15) is 46.0 Å². The molecular weight excluding hydrogens is 206 g/mol. The predicted octanol–water partition coefficient (Wildman–Crippen LogP) is 2.74.